The first-order valence-corrected chi connectivity index (χ1v) is 10.7. The maximum atomic E-state index is 13.4. The molecule has 2 aromatic carbocycles. The normalized spacial score (nSPS) is 15.6. The van der Waals surface area contributed by atoms with Crippen molar-refractivity contribution in [2.75, 3.05) is 33.0 Å². The fourth-order valence-corrected chi connectivity index (χ4v) is 4.22. The van der Waals surface area contributed by atoms with Crippen LogP contribution in [0.15, 0.2) is 54.7 Å². The van der Waals surface area contributed by atoms with Crippen LogP contribution in [0.1, 0.15) is 27.2 Å². The molecule has 1 fully saturated rings. The van der Waals surface area contributed by atoms with Crippen LogP contribution in [0.5, 0.6) is 11.5 Å². The summed E-state index contributed by atoms with van der Waals surface area (Å²) in [6.07, 6.45) is 1.80. The summed E-state index contributed by atoms with van der Waals surface area (Å²) in [7, 11) is 0. The topological polar surface area (TPSA) is 70.7 Å². The van der Waals surface area contributed by atoms with E-state index in [1.54, 1.807) is 12.3 Å². The zero-order valence-electron chi connectivity index (χ0n) is 18.0. The molecule has 0 radical (unpaired) electrons. The van der Waals surface area contributed by atoms with Crippen molar-refractivity contribution >= 4 is 5.91 Å². The number of ether oxygens (including phenoxy) is 2. The fourth-order valence-electron chi connectivity index (χ4n) is 4.22. The fraction of sp³-hybridized carbons (Fsp3) is 0.280. The summed E-state index contributed by atoms with van der Waals surface area (Å²) in [4.78, 5) is 17.6. The van der Waals surface area contributed by atoms with Crippen molar-refractivity contribution in [1.82, 2.24) is 14.4 Å². The van der Waals surface area contributed by atoms with E-state index in [2.05, 4.69) is 17.0 Å². The molecule has 0 saturated carbocycles. The molecule has 0 unspecified atom stereocenters. The number of benzene rings is 2. The predicted molar refractivity (Wildman–Crippen MR) is 119 cm³/mol. The molecule has 3 heterocycles. The molecule has 0 N–H and O–H groups in total. The Morgan fingerprint density at radius 3 is 2.50 bits per heavy atom. The van der Waals surface area contributed by atoms with E-state index in [9.17, 15) is 10.1 Å². The van der Waals surface area contributed by atoms with Crippen molar-refractivity contribution in [2.24, 2.45) is 0 Å². The van der Waals surface area contributed by atoms with Crippen molar-refractivity contribution in [3.05, 3.63) is 77.1 Å². The van der Waals surface area contributed by atoms with Gasteiger partial charge in [-0.15, -0.1) is 0 Å². The SMILES string of the molecule is Cc1ccc(-n2ccc(C#N)c2C(=O)N2CCN(Cc3ccc4c(c3)OCO4)CC2)cc1. The highest BCUT2D eigenvalue weighted by atomic mass is 16.7. The van der Waals surface area contributed by atoms with Crippen LogP contribution in [-0.2, 0) is 6.54 Å². The number of nitrogens with zero attached hydrogens (tertiary/aromatic N) is 4. The van der Waals surface area contributed by atoms with Crippen molar-refractivity contribution < 1.29 is 14.3 Å². The lowest BCUT2D eigenvalue weighted by Gasteiger charge is -2.35. The summed E-state index contributed by atoms with van der Waals surface area (Å²) >= 11 is 0. The van der Waals surface area contributed by atoms with Crippen LogP contribution in [0.4, 0.5) is 0 Å². The summed E-state index contributed by atoms with van der Waals surface area (Å²) in [6.45, 7) is 5.87. The number of rotatable bonds is 4. The molecule has 5 rings (SSSR count). The Labute approximate surface area is 187 Å². The van der Waals surface area contributed by atoms with Gasteiger partial charge in [0.15, 0.2) is 11.5 Å². The molecular weight excluding hydrogens is 404 g/mol. The lowest BCUT2D eigenvalue weighted by Crippen LogP contribution is -2.48. The number of carbonyl (C=O) groups excluding carboxylic acids is 1. The van der Waals surface area contributed by atoms with Gasteiger partial charge in [-0.1, -0.05) is 23.8 Å². The number of aromatic nitrogens is 1. The van der Waals surface area contributed by atoms with Gasteiger partial charge in [0.05, 0.1) is 5.56 Å². The lowest BCUT2D eigenvalue weighted by atomic mass is 10.1. The van der Waals surface area contributed by atoms with E-state index in [1.165, 1.54) is 0 Å². The average molecular weight is 428 g/mol. The van der Waals surface area contributed by atoms with Gasteiger partial charge in [0, 0.05) is 44.6 Å². The molecule has 3 aromatic rings. The monoisotopic (exact) mass is 428 g/mol. The number of aryl methyl sites for hydroxylation is 1. The standard InChI is InChI=1S/C25H24N4O3/c1-18-2-5-21(6-3-18)29-9-8-20(15-26)24(29)25(30)28-12-10-27(11-13-28)16-19-4-7-22-23(14-19)32-17-31-22/h2-9,14H,10-13,16-17H2,1H3. The van der Waals surface area contributed by atoms with Crippen molar-refractivity contribution in [3.8, 4) is 23.3 Å². The molecule has 7 nitrogen and oxygen atoms in total. The maximum absolute atomic E-state index is 13.4. The number of fused-ring (bicyclic) bond motifs is 1. The molecule has 0 aliphatic carbocycles. The number of piperazine rings is 1. The van der Waals surface area contributed by atoms with Crippen LogP contribution in [0.3, 0.4) is 0 Å². The number of hydrogen-bond acceptors (Lipinski definition) is 5. The first-order chi connectivity index (χ1) is 15.6. The van der Waals surface area contributed by atoms with Crippen LogP contribution >= 0.6 is 0 Å². The van der Waals surface area contributed by atoms with E-state index in [0.29, 0.717) is 24.3 Å². The minimum atomic E-state index is -0.102. The molecule has 7 heteroatoms. The van der Waals surface area contributed by atoms with Crippen molar-refractivity contribution in [3.63, 3.8) is 0 Å². The second-order valence-electron chi connectivity index (χ2n) is 8.15. The van der Waals surface area contributed by atoms with Crippen molar-refractivity contribution in [2.45, 2.75) is 13.5 Å². The van der Waals surface area contributed by atoms with Gasteiger partial charge < -0.3 is 18.9 Å². The Morgan fingerprint density at radius 2 is 1.75 bits per heavy atom. The number of amides is 1. The summed E-state index contributed by atoms with van der Waals surface area (Å²) in [5.41, 5.74) is 4.02. The second kappa shape index (κ2) is 8.40. The molecule has 2 aliphatic rings. The highest BCUT2D eigenvalue weighted by molar-refractivity contribution is 5.96. The Bertz CT molecular complexity index is 1180. The lowest BCUT2D eigenvalue weighted by molar-refractivity contribution is 0.0620. The van der Waals surface area contributed by atoms with Gasteiger partial charge in [0.1, 0.15) is 11.8 Å². The number of carbonyl (C=O) groups is 1. The van der Waals surface area contributed by atoms with Gasteiger partial charge in [-0.3, -0.25) is 9.69 Å². The first kappa shape index (κ1) is 20.2. The predicted octanol–water partition coefficient (Wildman–Crippen LogP) is 3.34. The van der Waals surface area contributed by atoms with Gasteiger partial charge in [-0.2, -0.15) is 5.26 Å². The maximum Gasteiger partial charge on any atom is 0.272 e. The minimum Gasteiger partial charge on any atom is -0.454 e. The number of nitriles is 1. The molecule has 32 heavy (non-hydrogen) atoms. The van der Waals surface area contributed by atoms with Crippen LogP contribution in [0.25, 0.3) is 5.69 Å². The zero-order chi connectivity index (χ0) is 22.1. The molecule has 162 valence electrons. The van der Waals surface area contributed by atoms with E-state index in [0.717, 1.165) is 47.9 Å². The first-order valence-electron chi connectivity index (χ1n) is 10.7. The van der Waals surface area contributed by atoms with Gasteiger partial charge in [-0.05, 0) is 42.8 Å². The summed E-state index contributed by atoms with van der Waals surface area (Å²) < 4.78 is 12.7. The van der Waals surface area contributed by atoms with E-state index in [-0.39, 0.29) is 12.7 Å². The Morgan fingerprint density at radius 1 is 1.00 bits per heavy atom. The molecule has 1 saturated heterocycles. The molecule has 1 amide bonds. The van der Waals surface area contributed by atoms with E-state index >= 15 is 0 Å². The van der Waals surface area contributed by atoms with Crippen LogP contribution in [-0.4, -0.2) is 53.2 Å². The largest absolute Gasteiger partial charge is 0.454 e. The molecule has 0 bridgehead atoms. The number of hydrogen-bond donors (Lipinski definition) is 0. The van der Waals surface area contributed by atoms with E-state index < -0.39 is 0 Å². The average Bonchev–Trinajstić information content (AvgIpc) is 3.46. The molecule has 0 atom stereocenters. The molecule has 1 aromatic heterocycles. The van der Waals surface area contributed by atoms with Crippen LogP contribution < -0.4 is 9.47 Å². The smallest absolute Gasteiger partial charge is 0.272 e. The third-order valence-electron chi connectivity index (χ3n) is 6.02. The van der Waals surface area contributed by atoms with Crippen LogP contribution in [0.2, 0.25) is 0 Å². The second-order valence-corrected chi connectivity index (χ2v) is 8.15. The van der Waals surface area contributed by atoms with E-state index in [4.69, 9.17) is 9.47 Å². The highest BCUT2D eigenvalue weighted by Crippen LogP contribution is 2.33. The summed E-state index contributed by atoms with van der Waals surface area (Å²) in [5, 5.41) is 9.58. The van der Waals surface area contributed by atoms with Crippen LogP contribution in [0, 0.1) is 18.3 Å². The van der Waals surface area contributed by atoms with Gasteiger partial charge in [0.2, 0.25) is 6.79 Å². The third-order valence-corrected chi connectivity index (χ3v) is 6.02. The molecule has 0 spiro atoms. The molecule has 2 aliphatic heterocycles. The van der Waals surface area contributed by atoms with Crippen molar-refractivity contribution in [1.29, 1.82) is 5.26 Å². The Balaban J connectivity index is 1.28. The Kier molecular flexibility index (Phi) is 5.29. The zero-order valence-corrected chi connectivity index (χ0v) is 18.0. The quantitative estimate of drug-likeness (QED) is 0.637. The third kappa shape index (κ3) is 3.81. The van der Waals surface area contributed by atoms with Gasteiger partial charge in [0.25, 0.3) is 5.91 Å². The van der Waals surface area contributed by atoms with E-state index in [1.807, 2.05) is 52.8 Å². The summed E-state index contributed by atoms with van der Waals surface area (Å²) in [6, 6.07) is 17.9. The minimum absolute atomic E-state index is 0.102. The highest BCUT2D eigenvalue weighted by Gasteiger charge is 2.27. The summed E-state index contributed by atoms with van der Waals surface area (Å²) in [5.74, 6) is 1.47. The van der Waals surface area contributed by atoms with Gasteiger partial charge >= 0.3 is 0 Å². The Hall–Kier alpha value is -3.76. The van der Waals surface area contributed by atoms with Gasteiger partial charge in [-0.25, -0.2) is 0 Å². The molecular formula is C25H24N4O3.